The Morgan fingerprint density at radius 2 is 1.96 bits per heavy atom. The molecule has 13 heteroatoms. The largest absolute Gasteiger partial charge is 0.462 e. The summed E-state index contributed by atoms with van der Waals surface area (Å²) >= 11 is 0. The highest BCUT2D eigenvalue weighted by Crippen LogP contribution is 2.61. The van der Waals surface area contributed by atoms with Gasteiger partial charge in [-0.2, -0.15) is 0 Å². The second-order valence-corrected chi connectivity index (χ2v) is 13.6. The summed E-state index contributed by atoms with van der Waals surface area (Å²) in [6, 6.07) is -0.818. The van der Waals surface area contributed by atoms with Crippen molar-refractivity contribution in [3.05, 3.63) is 59.7 Å². The second kappa shape index (κ2) is 14.3. The average Bonchev–Trinajstić information content (AvgIpc) is 3.44. The number of fused-ring (bicyclic) bond motifs is 1. The van der Waals surface area contributed by atoms with Gasteiger partial charge < -0.3 is 35.1 Å². The molecule has 1 aromatic rings. The van der Waals surface area contributed by atoms with E-state index in [0.717, 1.165) is 5.57 Å². The fraction of sp³-hybridized carbons (Fsp3) is 0.571. The first-order valence-electron chi connectivity index (χ1n) is 16.6. The van der Waals surface area contributed by atoms with Crippen LogP contribution in [0, 0.1) is 22.7 Å². The van der Waals surface area contributed by atoms with Crippen molar-refractivity contribution >= 4 is 29.4 Å². The van der Waals surface area contributed by atoms with Crippen LogP contribution in [0.15, 0.2) is 54.1 Å². The maximum absolute atomic E-state index is 13.3. The quantitative estimate of drug-likeness (QED) is 0.171. The average molecular weight is 666 g/mol. The molecule has 48 heavy (non-hydrogen) atoms. The summed E-state index contributed by atoms with van der Waals surface area (Å²) in [7, 11) is 0. The van der Waals surface area contributed by atoms with Crippen LogP contribution in [-0.2, 0) is 28.6 Å². The Morgan fingerprint density at radius 3 is 2.60 bits per heavy atom. The monoisotopic (exact) mass is 665 g/mol. The number of nitrogens with two attached hydrogens (primary N) is 1. The van der Waals surface area contributed by atoms with Crippen molar-refractivity contribution in [2.75, 3.05) is 45.3 Å². The van der Waals surface area contributed by atoms with E-state index in [1.807, 2.05) is 19.9 Å². The molecule has 5 N–H and O–H groups in total. The summed E-state index contributed by atoms with van der Waals surface area (Å²) in [4.78, 5) is 49.2. The Hall–Kier alpha value is -3.91. The van der Waals surface area contributed by atoms with Crippen LogP contribution >= 0.6 is 0 Å². The molecule has 13 nitrogen and oxygen atoms in total. The van der Waals surface area contributed by atoms with Gasteiger partial charge in [-0.1, -0.05) is 38.2 Å². The van der Waals surface area contributed by atoms with Gasteiger partial charge in [0.05, 0.1) is 44.1 Å². The van der Waals surface area contributed by atoms with Crippen LogP contribution in [0.3, 0.4) is 0 Å². The van der Waals surface area contributed by atoms with Gasteiger partial charge in [0.2, 0.25) is 11.9 Å². The number of aromatic nitrogens is 2. The molecule has 2 aliphatic heterocycles. The molecule has 1 aromatic heterocycles. The number of anilines is 1. The first-order valence-corrected chi connectivity index (χ1v) is 16.6. The van der Waals surface area contributed by atoms with Gasteiger partial charge in [-0.3, -0.25) is 10.1 Å². The molecule has 3 heterocycles. The number of hydrogen-bond acceptors (Lipinski definition) is 12. The van der Waals surface area contributed by atoms with Gasteiger partial charge in [-0.25, -0.2) is 19.6 Å². The zero-order chi connectivity index (χ0) is 34.8. The number of esters is 2. The molecule has 4 unspecified atom stereocenters. The van der Waals surface area contributed by atoms with E-state index >= 15 is 0 Å². The fourth-order valence-corrected chi connectivity index (χ4v) is 7.90. The SMILES string of the molecule is C=C1C(NC(C)C(=O)N2CCOCC2)CC2[C@](C)(CC[C@@H](O)[C@@]2(C)CO)C1C=CC1=CC(=C(C(=O)OCC)c2cnc(N)nc2)OC1=O. The number of morpholine rings is 1. The molecule has 1 amide bonds. The number of allylic oxidation sites excluding steroid dienone is 2. The third-order valence-electron chi connectivity index (χ3n) is 10.7. The van der Waals surface area contributed by atoms with E-state index in [4.69, 9.17) is 19.9 Å². The predicted molar refractivity (Wildman–Crippen MR) is 176 cm³/mol. The first kappa shape index (κ1) is 35.4. The number of hydrogen-bond donors (Lipinski definition) is 4. The first-order chi connectivity index (χ1) is 22.8. The Kier molecular flexibility index (Phi) is 10.5. The molecule has 5 rings (SSSR count). The maximum Gasteiger partial charge on any atom is 0.343 e. The standard InChI is InChI=1S/C35H47N5O8/c1-6-47-32(45)29(23-17-37-33(36)38-18-23)26-15-22(31(44)48-26)7-8-24-20(2)25(39-21(3)30(43)40-11-13-46-14-12-40)16-27-34(24,4)10-9-28(42)35(27,5)19-41/h7-8,15,17-18,21,24-25,27-28,39,41-42H,2,6,9-14,16,19H2,1,3-5H3,(H2,36,37,38)/t21?,24?,25?,27?,28-,34-,35+/m1/s1. The number of cyclic esters (lactones) is 1. The van der Waals surface area contributed by atoms with Gasteiger partial charge in [-0.15, -0.1) is 0 Å². The normalized spacial score (nSPS) is 32.4. The molecule has 2 saturated carbocycles. The molecule has 7 atom stereocenters. The molecule has 2 aliphatic carbocycles. The van der Waals surface area contributed by atoms with Crippen molar-refractivity contribution in [2.45, 2.75) is 65.1 Å². The third-order valence-corrected chi connectivity index (χ3v) is 10.7. The number of carbonyl (C=O) groups is 3. The zero-order valence-electron chi connectivity index (χ0n) is 28.1. The summed E-state index contributed by atoms with van der Waals surface area (Å²) in [5.41, 5.74) is 5.73. The number of aliphatic hydroxyl groups excluding tert-OH is 2. The minimum atomic E-state index is -0.797. The number of carbonyl (C=O) groups excluding carboxylic acids is 3. The van der Waals surface area contributed by atoms with Gasteiger partial charge >= 0.3 is 11.9 Å². The van der Waals surface area contributed by atoms with Gasteiger partial charge in [0.25, 0.3) is 0 Å². The second-order valence-electron chi connectivity index (χ2n) is 13.6. The summed E-state index contributed by atoms with van der Waals surface area (Å²) < 4.78 is 16.2. The molecular formula is C35H47N5O8. The Bertz CT molecular complexity index is 1520. The summed E-state index contributed by atoms with van der Waals surface area (Å²) in [6.07, 6.45) is 8.80. The van der Waals surface area contributed by atoms with E-state index in [9.17, 15) is 24.6 Å². The molecule has 0 aromatic carbocycles. The van der Waals surface area contributed by atoms with Crippen molar-refractivity contribution in [1.29, 1.82) is 0 Å². The maximum atomic E-state index is 13.3. The molecule has 260 valence electrons. The number of rotatable bonds is 9. The number of nitrogens with zero attached hydrogens (tertiary/aromatic N) is 3. The highest BCUT2D eigenvalue weighted by atomic mass is 16.6. The van der Waals surface area contributed by atoms with Crippen LogP contribution in [-0.4, -0.2) is 101 Å². The van der Waals surface area contributed by atoms with Gasteiger partial charge in [0.15, 0.2) is 0 Å². The van der Waals surface area contributed by atoms with Crippen LogP contribution in [0.25, 0.3) is 5.57 Å². The van der Waals surface area contributed by atoms with E-state index in [-0.39, 0.29) is 65.4 Å². The van der Waals surface area contributed by atoms with Crippen molar-refractivity contribution in [1.82, 2.24) is 20.2 Å². The van der Waals surface area contributed by atoms with Gasteiger partial charge in [0.1, 0.15) is 11.3 Å². The lowest BCUT2D eigenvalue weighted by Gasteiger charge is -2.61. The van der Waals surface area contributed by atoms with Gasteiger partial charge in [0, 0.05) is 48.4 Å². The number of amides is 1. The minimum Gasteiger partial charge on any atom is -0.462 e. The number of ether oxygens (including phenoxy) is 3. The Labute approximate surface area is 280 Å². The van der Waals surface area contributed by atoms with Crippen LogP contribution < -0.4 is 11.1 Å². The molecule has 4 aliphatic rings. The van der Waals surface area contributed by atoms with E-state index in [1.54, 1.807) is 17.9 Å². The van der Waals surface area contributed by atoms with Crippen molar-refractivity contribution in [3.8, 4) is 0 Å². The molecule has 0 bridgehead atoms. The van der Waals surface area contributed by atoms with Crippen LogP contribution in [0.2, 0.25) is 0 Å². The van der Waals surface area contributed by atoms with E-state index in [1.165, 1.54) is 18.5 Å². The van der Waals surface area contributed by atoms with Crippen molar-refractivity contribution in [3.63, 3.8) is 0 Å². The lowest BCUT2D eigenvalue weighted by atomic mass is 9.45. The number of nitrogen functional groups attached to an aromatic ring is 1. The van der Waals surface area contributed by atoms with Gasteiger partial charge in [-0.05, 0) is 50.5 Å². The Balaban J connectivity index is 1.49. The highest BCUT2D eigenvalue weighted by Gasteiger charge is 2.59. The minimum absolute atomic E-state index is 0.00154. The number of nitrogens with one attached hydrogen (secondary N) is 1. The van der Waals surface area contributed by atoms with Crippen molar-refractivity contribution < 1.29 is 38.8 Å². The lowest BCUT2D eigenvalue weighted by molar-refractivity contribution is -0.150. The topological polar surface area (TPSA) is 186 Å². The van der Waals surface area contributed by atoms with E-state index in [0.29, 0.717) is 45.6 Å². The van der Waals surface area contributed by atoms with E-state index < -0.39 is 34.9 Å². The highest BCUT2D eigenvalue weighted by molar-refractivity contribution is 6.18. The third kappa shape index (κ3) is 6.69. The lowest BCUT2D eigenvalue weighted by Crippen LogP contribution is -2.62. The zero-order valence-corrected chi connectivity index (χ0v) is 28.1. The molecule has 0 spiro atoms. The molecule has 0 radical (unpaired) electrons. The van der Waals surface area contributed by atoms with Crippen LogP contribution in [0.1, 0.15) is 52.5 Å². The fourth-order valence-electron chi connectivity index (χ4n) is 7.90. The summed E-state index contributed by atoms with van der Waals surface area (Å²) in [5.74, 6) is -1.80. The van der Waals surface area contributed by atoms with E-state index in [2.05, 4.69) is 28.8 Å². The Morgan fingerprint density at radius 1 is 1.27 bits per heavy atom. The van der Waals surface area contributed by atoms with Crippen molar-refractivity contribution in [2.24, 2.45) is 22.7 Å². The molecule has 1 saturated heterocycles. The molecular weight excluding hydrogens is 618 g/mol. The number of aliphatic hydroxyl groups is 2. The predicted octanol–water partition coefficient (Wildman–Crippen LogP) is 1.93. The smallest absolute Gasteiger partial charge is 0.343 e. The summed E-state index contributed by atoms with van der Waals surface area (Å²) in [5, 5.41) is 25.3. The van der Waals surface area contributed by atoms with Crippen LogP contribution in [0.5, 0.6) is 0 Å². The summed E-state index contributed by atoms with van der Waals surface area (Å²) in [6.45, 7) is 14.0. The molecule has 3 fully saturated rings. The van der Waals surface area contributed by atoms with Crippen LogP contribution in [0.4, 0.5) is 5.95 Å².